The summed E-state index contributed by atoms with van der Waals surface area (Å²) >= 11 is 0. The number of ether oxygens (including phenoxy) is 1. The number of anilines is 1. The Hall–Kier alpha value is -1.59. The number of nitrogens with two attached hydrogens (primary N) is 1. The molecule has 3 N–H and O–H groups in total. The molecule has 0 aromatic heterocycles. The Labute approximate surface area is 121 Å². The second kappa shape index (κ2) is 7.87. The lowest BCUT2D eigenvalue weighted by molar-refractivity contribution is -0.117. The van der Waals surface area contributed by atoms with E-state index in [1.54, 1.807) is 7.11 Å². The summed E-state index contributed by atoms with van der Waals surface area (Å²) in [6.45, 7) is 2.80. The molecule has 20 heavy (non-hydrogen) atoms. The van der Waals surface area contributed by atoms with Crippen molar-refractivity contribution >= 4 is 11.6 Å². The zero-order chi connectivity index (χ0) is 15.1. The van der Waals surface area contributed by atoms with E-state index in [2.05, 4.69) is 10.2 Å². The zero-order valence-corrected chi connectivity index (χ0v) is 12.8. The van der Waals surface area contributed by atoms with Crippen molar-refractivity contribution in [3.63, 3.8) is 0 Å². The van der Waals surface area contributed by atoms with Gasteiger partial charge in [0.2, 0.25) is 5.91 Å². The highest BCUT2D eigenvalue weighted by Gasteiger charge is 2.15. The van der Waals surface area contributed by atoms with Crippen LogP contribution in [0.1, 0.15) is 25.3 Å². The van der Waals surface area contributed by atoms with E-state index in [0.29, 0.717) is 17.9 Å². The Balaban J connectivity index is 2.88. The van der Waals surface area contributed by atoms with E-state index in [0.717, 1.165) is 18.5 Å². The molecule has 1 aromatic rings. The van der Waals surface area contributed by atoms with Crippen LogP contribution in [-0.4, -0.2) is 38.1 Å². The largest absolute Gasteiger partial charge is 0.495 e. The lowest BCUT2D eigenvalue weighted by Gasteiger charge is -2.16. The lowest BCUT2D eigenvalue weighted by Crippen LogP contribution is -2.35. The third-order valence-electron chi connectivity index (χ3n) is 2.96. The van der Waals surface area contributed by atoms with Gasteiger partial charge in [-0.05, 0) is 38.2 Å². The van der Waals surface area contributed by atoms with Gasteiger partial charge < -0.3 is 20.7 Å². The Morgan fingerprint density at radius 3 is 2.70 bits per heavy atom. The van der Waals surface area contributed by atoms with Crippen LogP contribution in [0.4, 0.5) is 5.69 Å². The molecule has 0 saturated heterocycles. The number of carbonyl (C=O) groups excluding carboxylic acids is 1. The molecule has 0 spiro atoms. The van der Waals surface area contributed by atoms with Crippen molar-refractivity contribution in [1.29, 1.82) is 0 Å². The second-order valence-electron chi connectivity index (χ2n) is 5.16. The zero-order valence-electron chi connectivity index (χ0n) is 12.8. The van der Waals surface area contributed by atoms with E-state index in [-0.39, 0.29) is 5.91 Å². The van der Waals surface area contributed by atoms with Gasteiger partial charge in [-0.1, -0.05) is 19.4 Å². The maximum absolute atomic E-state index is 12.0. The maximum atomic E-state index is 12.0. The minimum absolute atomic E-state index is 0.174. The van der Waals surface area contributed by atoms with Gasteiger partial charge >= 0.3 is 0 Å². The number of amides is 1. The van der Waals surface area contributed by atoms with Gasteiger partial charge in [0.15, 0.2) is 0 Å². The minimum atomic E-state index is -0.484. The molecule has 5 nitrogen and oxygen atoms in total. The number of carbonyl (C=O) groups is 1. The van der Waals surface area contributed by atoms with Crippen LogP contribution < -0.4 is 15.8 Å². The molecular formula is C15H25N3O2. The Morgan fingerprint density at radius 1 is 1.45 bits per heavy atom. The highest BCUT2D eigenvalue weighted by molar-refractivity contribution is 5.96. The fourth-order valence-corrected chi connectivity index (χ4v) is 1.98. The van der Waals surface area contributed by atoms with Crippen LogP contribution in [0.5, 0.6) is 5.75 Å². The molecule has 0 aliphatic carbocycles. The molecule has 0 fully saturated rings. The van der Waals surface area contributed by atoms with Crippen LogP contribution >= 0.6 is 0 Å². The van der Waals surface area contributed by atoms with Crippen LogP contribution in [-0.2, 0) is 11.3 Å². The number of nitrogens with zero attached hydrogens (tertiary/aromatic N) is 1. The lowest BCUT2D eigenvalue weighted by atomic mass is 10.1. The quantitative estimate of drug-likeness (QED) is 0.799. The predicted octanol–water partition coefficient (Wildman–Crippen LogP) is 1.82. The van der Waals surface area contributed by atoms with Crippen LogP contribution in [0.3, 0.4) is 0 Å². The summed E-state index contributed by atoms with van der Waals surface area (Å²) in [7, 11) is 5.59. The average molecular weight is 279 g/mol. The molecule has 1 amide bonds. The summed E-state index contributed by atoms with van der Waals surface area (Å²) in [5.41, 5.74) is 7.60. The normalized spacial score (nSPS) is 12.3. The van der Waals surface area contributed by atoms with Gasteiger partial charge in [0, 0.05) is 6.54 Å². The molecule has 0 bridgehead atoms. The molecule has 0 aliphatic rings. The summed E-state index contributed by atoms with van der Waals surface area (Å²) in [4.78, 5) is 14.1. The van der Waals surface area contributed by atoms with Crippen molar-refractivity contribution in [2.45, 2.75) is 32.4 Å². The van der Waals surface area contributed by atoms with E-state index in [4.69, 9.17) is 10.5 Å². The van der Waals surface area contributed by atoms with Gasteiger partial charge in [0.05, 0.1) is 18.8 Å². The number of methoxy groups -OCH3 is 1. The highest BCUT2D eigenvalue weighted by atomic mass is 16.5. The molecule has 0 heterocycles. The van der Waals surface area contributed by atoms with E-state index in [1.807, 2.05) is 39.2 Å². The summed E-state index contributed by atoms with van der Waals surface area (Å²) in [5.74, 6) is 0.469. The van der Waals surface area contributed by atoms with Crippen molar-refractivity contribution < 1.29 is 9.53 Å². The molecule has 0 aliphatic heterocycles. The third-order valence-corrected chi connectivity index (χ3v) is 2.96. The molecule has 0 saturated carbocycles. The monoisotopic (exact) mass is 279 g/mol. The number of nitrogens with one attached hydrogen (secondary N) is 1. The van der Waals surface area contributed by atoms with Gasteiger partial charge in [0.1, 0.15) is 5.75 Å². The van der Waals surface area contributed by atoms with Crippen LogP contribution in [0.25, 0.3) is 0 Å². The van der Waals surface area contributed by atoms with Crippen LogP contribution in [0.2, 0.25) is 0 Å². The van der Waals surface area contributed by atoms with Crippen molar-refractivity contribution in [3.8, 4) is 5.75 Å². The Morgan fingerprint density at radius 2 is 2.15 bits per heavy atom. The fraction of sp³-hybridized carbons (Fsp3) is 0.533. The van der Waals surface area contributed by atoms with Gasteiger partial charge in [-0.3, -0.25) is 4.79 Å². The highest BCUT2D eigenvalue weighted by Crippen LogP contribution is 2.26. The second-order valence-corrected chi connectivity index (χ2v) is 5.16. The first-order valence-corrected chi connectivity index (χ1v) is 6.86. The summed E-state index contributed by atoms with van der Waals surface area (Å²) in [6.07, 6.45) is 1.55. The van der Waals surface area contributed by atoms with Gasteiger partial charge in [0.25, 0.3) is 0 Å². The minimum Gasteiger partial charge on any atom is -0.495 e. The van der Waals surface area contributed by atoms with Gasteiger partial charge in [-0.25, -0.2) is 0 Å². The van der Waals surface area contributed by atoms with Crippen molar-refractivity contribution in [3.05, 3.63) is 23.8 Å². The molecule has 1 rings (SSSR count). The van der Waals surface area contributed by atoms with E-state index < -0.39 is 6.04 Å². The maximum Gasteiger partial charge on any atom is 0.241 e. The standard InChI is InChI=1S/C15H25N3O2/c1-5-6-12(16)15(19)17-13-9-11(10-18(2)3)7-8-14(13)20-4/h7-9,12H,5-6,10,16H2,1-4H3,(H,17,19)/t12-/m1/s1. The smallest absolute Gasteiger partial charge is 0.241 e. The van der Waals surface area contributed by atoms with E-state index in [1.165, 1.54) is 0 Å². The van der Waals surface area contributed by atoms with Gasteiger partial charge in [-0.15, -0.1) is 0 Å². The Bertz CT molecular complexity index is 447. The summed E-state index contributed by atoms with van der Waals surface area (Å²) < 4.78 is 5.28. The molecular weight excluding hydrogens is 254 g/mol. The fourth-order valence-electron chi connectivity index (χ4n) is 1.98. The van der Waals surface area contributed by atoms with Gasteiger partial charge in [-0.2, -0.15) is 0 Å². The number of hydrogen-bond acceptors (Lipinski definition) is 4. The first kappa shape index (κ1) is 16.5. The predicted molar refractivity (Wildman–Crippen MR) is 81.9 cm³/mol. The molecule has 1 aromatic carbocycles. The number of rotatable bonds is 7. The number of hydrogen-bond donors (Lipinski definition) is 2. The van der Waals surface area contributed by atoms with Crippen LogP contribution in [0.15, 0.2) is 18.2 Å². The topological polar surface area (TPSA) is 67.6 Å². The molecule has 0 radical (unpaired) electrons. The van der Waals surface area contributed by atoms with Crippen molar-refractivity contribution in [2.24, 2.45) is 5.73 Å². The summed E-state index contributed by atoms with van der Waals surface area (Å²) in [6, 6.07) is 5.29. The molecule has 112 valence electrons. The molecule has 1 atom stereocenters. The van der Waals surface area contributed by atoms with Crippen molar-refractivity contribution in [2.75, 3.05) is 26.5 Å². The van der Waals surface area contributed by atoms with E-state index >= 15 is 0 Å². The van der Waals surface area contributed by atoms with Crippen molar-refractivity contribution in [1.82, 2.24) is 4.90 Å². The first-order valence-electron chi connectivity index (χ1n) is 6.86. The Kier molecular flexibility index (Phi) is 6.48. The first-order chi connectivity index (χ1) is 9.47. The average Bonchev–Trinajstić information content (AvgIpc) is 2.38. The molecule has 0 unspecified atom stereocenters. The molecule has 5 heteroatoms. The SMILES string of the molecule is CCC[C@@H](N)C(=O)Nc1cc(CN(C)C)ccc1OC. The summed E-state index contributed by atoms with van der Waals surface area (Å²) in [5, 5.41) is 2.85. The number of benzene rings is 1. The van der Waals surface area contributed by atoms with Crippen LogP contribution in [0, 0.1) is 0 Å². The third kappa shape index (κ3) is 4.83. The van der Waals surface area contributed by atoms with E-state index in [9.17, 15) is 4.79 Å².